The maximum absolute atomic E-state index is 11.0. The standard InChI is InChI=1S/C21H28ClNO4/c1-13(2)10-11-27-19-9-8-17(22)12-18(19)20(24)23-14(3)15-4-6-16(7-5-15)21(25)26/h4,6-9,12-15,20,23-24H,5,10-11H2,1-3H3,(H,25,26)/t14-,15?,20?/m0/s1. The summed E-state index contributed by atoms with van der Waals surface area (Å²) in [6.07, 6.45) is 5.77. The number of hydrogen-bond donors (Lipinski definition) is 3. The number of hydrogen-bond acceptors (Lipinski definition) is 4. The molecular formula is C21H28ClNO4. The molecule has 148 valence electrons. The second kappa shape index (κ2) is 9.93. The van der Waals surface area contributed by atoms with E-state index in [4.69, 9.17) is 21.4 Å². The summed E-state index contributed by atoms with van der Waals surface area (Å²) in [4.78, 5) is 11.0. The highest BCUT2D eigenvalue weighted by Gasteiger charge is 2.22. The molecule has 27 heavy (non-hydrogen) atoms. The average Bonchev–Trinajstić information content (AvgIpc) is 2.62. The Hall–Kier alpha value is -1.82. The van der Waals surface area contributed by atoms with Crippen molar-refractivity contribution in [2.45, 2.75) is 45.9 Å². The van der Waals surface area contributed by atoms with Crippen LogP contribution in [0.4, 0.5) is 0 Å². The molecule has 6 heteroatoms. The van der Waals surface area contributed by atoms with Crippen molar-refractivity contribution >= 4 is 17.6 Å². The zero-order valence-corrected chi connectivity index (χ0v) is 16.7. The summed E-state index contributed by atoms with van der Waals surface area (Å²) in [6.45, 7) is 6.79. The summed E-state index contributed by atoms with van der Waals surface area (Å²) in [6, 6.07) is 5.16. The molecule has 1 aliphatic carbocycles. The van der Waals surface area contributed by atoms with Gasteiger partial charge in [0, 0.05) is 16.6 Å². The number of carboxylic acids is 1. The van der Waals surface area contributed by atoms with Gasteiger partial charge >= 0.3 is 5.97 Å². The minimum Gasteiger partial charge on any atom is -0.493 e. The Labute approximate surface area is 165 Å². The number of halogens is 1. The summed E-state index contributed by atoms with van der Waals surface area (Å²) < 4.78 is 5.84. The van der Waals surface area contributed by atoms with Crippen molar-refractivity contribution in [1.29, 1.82) is 0 Å². The molecule has 1 aromatic carbocycles. The van der Waals surface area contributed by atoms with Gasteiger partial charge in [-0.25, -0.2) is 4.79 Å². The van der Waals surface area contributed by atoms with Crippen LogP contribution in [0.25, 0.3) is 0 Å². The average molecular weight is 394 g/mol. The Morgan fingerprint density at radius 2 is 2.11 bits per heavy atom. The number of aliphatic hydroxyl groups excluding tert-OH is 1. The lowest BCUT2D eigenvalue weighted by molar-refractivity contribution is -0.132. The van der Waals surface area contributed by atoms with Gasteiger partial charge in [0.1, 0.15) is 12.0 Å². The van der Waals surface area contributed by atoms with Crippen molar-refractivity contribution in [2.24, 2.45) is 11.8 Å². The Morgan fingerprint density at radius 3 is 2.70 bits per heavy atom. The minimum absolute atomic E-state index is 0.0645. The fraction of sp³-hybridized carbons (Fsp3) is 0.476. The van der Waals surface area contributed by atoms with E-state index in [0.717, 1.165) is 6.42 Å². The Bertz CT molecular complexity index is 714. The van der Waals surface area contributed by atoms with Crippen LogP contribution >= 0.6 is 11.6 Å². The van der Waals surface area contributed by atoms with Gasteiger partial charge in [-0.05, 0) is 49.8 Å². The zero-order valence-electron chi connectivity index (χ0n) is 16.0. The Morgan fingerprint density at radius 1 is 1.37 bits per heavy atom. The van der Waals surface area contributed by atoms with Crippen LogP contribution in [0, 0.1) is 11.8 Å². The smallest absolute Gasteiger partial charge is 0.335 e. The van der Waals surface area contributed by atoms with Crippen LogP contribution in [0.1, 0.15) is 45.4 Å². The molecule has 0 heterocycles. The molecule has 2 rings (SSSR count). The molecular weight excluding hydrogens is 366 g/mol. The van der Waals surface area contributed by atoms with Gasteiger partial charge in [0.15, 0.2) is 0 Å². The summed E-state index contributed by atoms with van der Waals surface area (Å²) in [5.41, 5.74) is 0.898. The molecule has 0 fully saturated rings. The maximum Gasteiger partial charge on any atom is 0.335 e. The van der Waals surface area contributed by atoms with Crippen molar-refractivity contribution in [3.05, 3.63) is 52.6 Å². The van der Waals surface area contributed by atoms with Gasteiger partial charge in [-0.15, -0.1) is 0 Å². The third kappa shape index (κ3) is 6.38. The SMILES string of the molecule is CC(C)CCOc1ccc(Cl)cc1C(O)N[C@@H](C)C1C=CC(C(=O)O)=CC1. The first kappa shape index (κ1) is 21.5. The maximum atomic E-state index is 11.0. The van der Waals surface area contributed by atoms with Gasteiger partial charge < -0.3 is 14.9 Å². The topological polar surface area (TPSA) is 78.8 Å². The first-order chi connectivity index (χ1) is 12.8. The van der Waals surface area contributed by atoms with Crippen molar-refractivity contribution in [1.82, 2.24) is 5.32 Å². The van der Waals surface area contributed by atoms with Crippen molar-refractivity contribution in [3.63, 3.8) is 0 Å². The van der Waals surface area contributed by atoms with Gasteiger partial charge in [-0.1, -0.05) is 43.7 Å². The van der Waals surface area contributed by atoms with Crippen LogP contribution in [0.2, 0.25) is 5.02 Å². The number of aliphatic carboxylic acids is 1. The van der Waals surface area contributed by atoms with E-state index in [9.17, 15) is 9.90 Å². The molecule has 0 radical (unpaired) electrons. The van der Waals surface area contributed by atoms with Gasteiger partial charge in [0.2, 0.25) is 0 Å². The van der Waals surface area contributed by atoms with E-state index < -0.39 is 12.2 Å². The van der Waals surface area contributed by atoms with Crippen molar-refractivity contribution in [2.75, 3.05) is 6.61 Å². The largest absolute Gasteiger partial charge is 0.493 e. The van der Waals surface area contributed by atoms with E-state index >= 15 is 0 Å². The van der Waals surface area contributed by atoms with E-state index in [1.165, 1.54) is 0 Å². The molecule has 0 amide bonds. The van der Waals surface area contributed by atoms with Gasteiger partial charge in [0.05, 0.1) is 12.2 Å². The van der Waals surface area contributed by atoms with E-state index in [1.54, 1.807) is 30.4 Å². The summed E-state index contributed by atoms with van der Waals surface area (Å²) in [7, 11) is 0. The summed E-state index contributed by atoms with van der Waals surface area (Å²) >= 11 is 6.11. The molecule has 0 saturated heterocycles. The van der Waals surface area contributed by atoms with Crippen LogP contribution in [0.3, 0.4) is 0 Å². The number of allylic oxidation sites excluding steroid dienone is 1. The van der Waals surface area contributed by atoms with E-state index in [1.807, 2.05) is 13.0 Å². The first-order valence-electron chi connectivity index (χ1n) is 9.26. The molecule has 2 unspecified atom stereocenters. The monoisotopic (exact) mass is 393 g/mol. The van der Waals surface area contributed by atoms with Crippen LogP contribution in [-0.4, -0.2) is 28.8 Å². The van der Waals surface area contributed by atoms with E-state index in [0.29, 0.717) is 40.9 Å². The normalized spacial score (nSPS) is 18.9. The zero-order chi connectivity index (χ0) is 20.0. The van der Waals surface area contributed by atoms with E-state index in [-0.39, 0.29) is 12.0 Å². The van der Waals surface area contributed by atoms with Crippen molar-refractivity contribution in [3.8, 4) is 5.75 Å². The van der Waals surface area contributed by atoms with Crippen LogP contribution in [-0.2, 0) is 4.79 Å². The number of carbonyl (C=O) groups is 1. The van der Waals surface area contributed by atoms with Crippen LogP contribution in [0.15, 0.2) is 42.0 Å². The van der Waals surface area contributed by atoms with Gasteiger partial charge in [0.25, 0.3) is 0 Å². The predicted octanol–water partition coefficient (Wildman–Crippen LogP) is 4.32. The lowest BCUT2D eigenvalue weighted by atomic mass is 9.91. The number of benzene rings is 1. The molecule has 1 aromatic rings. The lowest BCUT2D eigenvalue weighted by Crippen LogP contribution is -2.36. The molecule has 0 bridgehead atoms. The minimum atomic E-state index is -0.939. The molecule has 0 saturated carbocycles. The van der Waals surface area contributed by atoms with Crippen LogP contribution in [0.5, 0.6) is 5.75 Å². The highest BCUT2D eigenvalue weighted by Crippen LogP contribution is 2.29. The van der Waals surface area contributed by atoms with E-state index in [2.05, 4.69) is 19.2 Å². The molecule has 0 spiro atoms. The Kier molecular flexibility index (Phi) is 7.90. The van der Waals surface area contributed by atoms with Crippen molar-refractivity contribution < 1.29 is 19.7 Å². The lowest BCUT2D eigenvalue weighted by Gasteiger charge is -2.27. The number of nitrogens with one attached hydrogen (secondary N) is 1. The molecule has 0 aliphatic heterocycles. The second-order valence-electron chi connectivity index (χ2n) is 7.29. The Balaban J connectivity index is 2.02. The molecule has 0 aromatic heterocycles. The number of ether oxygens (including phenoxy) is 1. The highest BCUT2D eigenvalue weighted by molar-refractivity contribution is 6.30. The second-order valence-corrected chi connectivity index (χ2v) is 7.73. The quantitative estimate of drug-likeness (QED) is 0.544. The van der Waals surface area contributed by atoms with Gasteiger partial charge in [-0.2, -0.15) is 0 Å². The number of aliphatic hydroxyl groups is 1. The fourth-order valence-corrected chi connectivity index (χ4v) is 3.08. The third-order valence-corrected chi connectivity index (χ3v) is 4.90. The fourth-order valence-electron chi connectivity index (χ4n) is 2.90. The molecule has 5 nitrogen and oxygen atoms in total. The molecule has 3 N–H and O–H groups in total. The summed E-state index contributed by atoms with van der Waals surface area (Å²) in [5, 5.41) is 23.4. The number of carboxylic acid groups (broad SMARTS) is 1. The molecule has 3 atom stereocenters. The van der Waals surface area contributed by atoms with Gasteiger partial charge in [-0.3, -0.25) is 5.32 Å². The highest BCUT2D eigenvalue weighted by atomic mass is 35.5. The third-order valence-electron chi connectivity index (χ3n) is 4.66. The van der Waals surface area contributed by atoms with Crippen LogP contribution < -0.4 is 10.1 Å². The summed E-state index contributed by atoms with van der Waals surface area (Å²) in [5.74, 6) is 0.310. The first-order valence-corrected chi connectivity index (χ1v) is 9.63. The molecule has 1 aliphatic rings. The number of rotatable bonds is 9. The predicted molar refractivity (Wildman–Crippen MR) is 107 cm³/mol.